The van der Waals surface area contributed by atoms with Crippen LogP contribution in [0.5, 0.6) is 0 Å². The van der Waals surface area contributed by atoms with Gasteiger partial charge in [0, 0.05) is 6.54 Å². The van der Waals surface area contributed by atoms with Crippen molar-refractivity contribution in [3.8, 4) is 0 Å². The molecule has 2 aromatic rings. The maximum Gasteiger partial charge on any atom is 0.0640 e. The fraction of sp³-hybridized carbons (Fsp3) is 0.294. The molecule has 2 nitrogen and oxygen atoms in total. The van der Waals surface area contributed by atoms with Crippen molar-refractivity contribution in [2.24, 2.45) is 0 Å². The van der Waals surface area contributed by atoms with Gasteiger partial charge in [0.15, 0.2) is 0 Å². The van der Waals surface area contributed by atoms with Crippen LogP contribution in [-0.4, -0.2) is 6.54 Å². The van der Waals surface area contributed by atoms with E-state index in [4.69, 9.17) is 11.6 Å². The third kappa shape index (κ3) is 2.82. The second kappa shape index (κ2) is 5.86. The Labute approximate surface area is 125 Å². The maximum atomic E-state index is 6.34. The summed E-state index contributed by atoms with van der Waals surface area (Å²) in [6, 6.07) is 15.1. The number of fused-ring (bicyclic) bond motifs is 1. The monoisotopic (exact) mass is 286 g/mol. The fourth-order valence-corrected chi connectivity index (χ4v) is 3.02. The van der Waals surface area contributed by atoms with Crippen LogP contribution >= 0.6 is 11.6 Å². The summed E-state index contributed by atoms with van der Waals surface area (Å²) in [6.45, 7) is 4.01. The van der Waals surface area contributed by atoms with Crippen molar-refractivity contribution < 1.29 is 0 Å². The van der Waals surface area contributed by atoms with Gasteiger partial charge in [0.2, 0.25) is 0 Å². The van der Waals surface area contributed by atoms with E-state index in [1.54, 1.807) is 0 Å². The first-order chi connectivity index (χ1) is 9.74. The Morgan fingerprint density at radius 1 is 1.20 bits per heavy atom. The van der Waals surface area contributed by atoms with E-state index in [9.17, 15) is 0 Å². The van der Waals surface area contributed by atoms with Gasteiger partial charge in [-0.3, -0.25) is 0 Å². The van der Waals surface area contributed by atoms with Crippen LogP contribution < -0.4 is 10.6 Å². The number of halogens is 1. The molecule has 0 bridgehead atoms. The number of hydrogen-bond acceptors (Lipinski definition) is 2. The van der Waals surface area contributed by atoms with Gasteiger partial charge in [0.25, 0.3) is 0 Å². The first-order valence-electron chi connectivity index (χ1n) is 7.05. The van der Waals surface area contributed by atoms with Crippen LogP contribution in [-0.2, 0) is 6.54 Å². The number of hydrogen-bond donors (Lipinski definition) is 2. The average Bonchev–Trinajstić information content (AvgIpc) is 2.65. The molecule has 1 aliphatic heterocycles. The van der Waals surface area contributed by atoms with E-state index < -0.39 is 0 Å². The van der Waals surface area contributed by atoms with Crippen LogP contribution in [0.1, 0.15) is 29.2 Å². The lowest BCUT2D eigenvalue weighted by molar-refractivity contribution is 0.637. The van der Waals surface area contributed by atoms with Crippen LogP contribution in [0.2, 0.25) is 5.02 Å². The smallest absolute Gasteiger partial charge is 0.0640 e. The average molecular weight is 287 g/mol. The summed E-state index contributed by atoms with van der Waals surface area (Å²) >= 11 is 6.34. The summed E-state index contributed by atoms with van der Waals surface area (Å²) in [7, 11) is 0. The molecule has 0 fully saturated rings. The van der Waals surface area contributed by atoms with Crippen LogP contribution in [0.3, 0.4) is 0 Å². The van der Waals surface area contributed by atoms with E-state index in [1.807, 2.05) is 6.07 Å². The standard InChI is InChI=1S/C17H19ClN2/c1-12-6-7-17(15(18)10-12)20-16-8-9-19-11-13-4-2-3-5-14(13)16/h2-7,10,16,19-20H,8-9,11H2,1H3. The molecule has 1 aliphatic rings. The molecule has 0 amide bonds. The van der Waals surface area contributed by atoms with E-state index in [0.717, 1.165) is 30.2 Å². The van der Waals surface area contributed by atoms with E-state index in [2.05, 4.69) is 54.0 Å². The van der Waals surface area contributed by atoms with Crippen molar-refractivity contribution in [2.75, 3.05) is 11.9 Å². The van der Waals surface area contributed by atoms with E-state index in [1.165, 1.54) is 16.7 Å². The molecule has 0 radical (unpaired) electrons. The van der Waals surface area contributed by atoms with Gasteiger partial charge < -0.3 is 10.6 Å². The molecule has 2 aromatic carbocycles. The maximum absolute atomic E-state index is 6.34. The summed E-state index contributed by atoms with van der Waals surface area (Å²) in [4.78, 5) is 0. The molecule has 1 heterocycles. The zero-order chi connectivity index (χ0) is 13.9. The molecule has 0 saturated carbocycles. The Bertz CT molecular complexity index is 610. The molecule has 0 aromatic heterocycles. The lowest BCUT2D eigenvalue weighted by atomic mass is 9.99. The number of aryl methyl sites for hydroxylation is 1. The number of nitrogens with one attached hydrogen (secondary N) is 2. The molecule has 1 unspecified atom stereocenters. The Hall–Kier alpha value is -1.51. The SMILES string of the molecule is Cc1ccc(NC2CCNCc3ccccc32)c(Cl)c1. The highest BCUT2D eigenvalue weighted by atomic mass is 35.5. The quantitative estimate of drug-likeness (QED) is 0.860. The molecule has 3 rings (SSSR count). The summed E-state index contributed by atoms with van der Waals surface area (Å²) < 4.78 is 0. The molecule has 0 spiro atoms. The van der Waals surface area contributed by atoms with Crippen molar-refractivity contribution in [2.45, 2.75) is 25.9 Å². The van der Waals surface area contributed by atoms with Gasteiger partial charge in [-0.05, 0) is 48.7 Å². The van der Waals surface area contributed by atoms with E-state index in [0.29, 0.717) is 6.04 Å². The highest BCUT2D eigenvalue weighted by Gasteiger charge is 2.18. The molecular weight excluding hydrogens is 268 g/mol. The highest BCUT2D eigenvalue weighted by molar-refractivity contribution is 6.33. The van der Waals surface area contributed by atoms with E-state index in [-0.39, 0.29) is 0 Å². The molecule has 1 atom stereocenters. The van der Waals surface area contributed by atoms with Gasteiger partial charge in [-0.2, -0.15) is 0 Å². The fourth-order valence-electron chi connectivity index (χ4n) is 2.73. The second-order valence-electron chi connectivity index (χ2n) is 5.34. The Balaban J connectivity index is 1.90. The normalized spacial score (nSPS) is 18.2. The number of benzene rings is 2. The predicted octanol–water partition coefficient (Wildman–Crippen LogP) is 4.29. The van der Waals surface area contributed by atoms with E-state index >= 15 is 0 Å². The van der Waals surface area contributed by atoms with Crippen LogP contribution in [0.4, 0.5) is 5.69 Å². The topological polar surface area (TPSA) is 24.1 Å². The molecule has 20 heavy (non-hydrogen) atoms. The predicted molar refractivity (Wildman–Crippen MR) is 85.3 cm³/mol. The first-order valence-corrected chi connectivity index (χ1v) is 7.43. The van der Waals surface area contributed by atoms with Crippen molar-refractivity contribution >= 4 is 17.3 Å². The van der Waals surface area contributed by atoms with Crippen molar-refractivity contribution in [1.29, 1.82) is 0 Å². The van der Waals surface area contributed by atoms with Crippen LogP contribution in [0.15, 0.2) is 42.5 Å². The van der Waals surface area contributed by atoms with Gasteiger partial charge in [0.05, 0.1) is 16.8 Å². The molecular formula is C17H19ClN2. The van der Waals surface area contributed by atoms with Gasteiger partial charge >= 0.3 is 0 Å². The lowest BCUT2D eigenvalue weighted by Gasteiger charge is -2.21. The number of rotatable bonds is 2. The van der Waals surface area contributed by atoms with Gasteiger partial charge in [-0.25, -0.2) is 0 Å². The zero-order valence-electron chi connectivity index (χ0n) is 11.6. The summed E-state index contributed by atoms with van der Waals surface area (Å²) in [5, 5.41) is 7.86. The van der Waals surface area contributed by atoms with Crippen molar-refractivity contribution in [1.82, 2.24) is 5.32 Å². The summed E-state index contributed by atoms with van der Waals surface area (Å²) in [5.74, 6) is 0. The van der Waals surface area contributed by atoms with Gasteiger partial charge in [0.1, 0.15) is 0 Å². The van der Waals surface area contributed by atoms with Gasteiger partial charge in [-0.15, -0.1) is 0 Å². The Morgan fingerprint density at radius 3 is 2.90 bits per heavy atom. The lowest BCUT2D eigenvalue weighted by Crippen LogP contribution is -2.15. The summed E-state index contributed by atoms with van der Waals surface area (Å²) in [5.41, 5.74) is 4.93. The van der Waals surface area contributed by atoms with Crippen LogP contribution in [0.25, 0.3) is 0 Å². The molecule has 3 heteroatoms. The molecule has 0 saturated heterocycles. The van der Waals surface area contributed by atoms with Crippen molar-refractivity contribution in [3.05, 3.63) is 64.2 Å². The second-order valence-corrected chi connectivity index (χ2v) is 5.75. The summed E-state index contributed by atoms with van der Waals surface area (Å²) in [6.07, 6.45) is 1.06. The molecule has 2 N–H and O–H groups in total. The van der Waals surface area contributed by atoms with Crippen molar-refractivity contribution in [3.63, 3.8) is 0 Å². The van der Waals surface area contributed by atoms with Crippen LogP contribution in [0, 0.1) is 6.92 Å². The Morgan fingerprint density at radius 2 is 2.05 bits per heavy atom. The molecule has 0 aliphatic carbocycles. The Kier molecular flexibility index (Phi) is 3.95. The largest absolute Gasteiger partial charge is 0.377 e. The third-order valence-electron chi connectivity index (χ3n) is 3.81. The minimum Gasteiger partial charge on any atom is -0.377 e. The van der Waals surface area contributed by atoms with Gasteiger partial charge in [-0.1, -0.05) is 41.9 Å². The number of anilines is 1. The minimum absolute atomic E-state index is 0.307. The third-order valence-corrected chi connectivity index (χ3v) is 4.12. The highest BCUT2D eigenvalue weighted by Crippen LogP contribution is 2.31. The minimum atomic E-state index is 0.307. The zero-order valence-corrected chi connectivity index (χ0v) is 12.4. The first kappa shape index (κ1) is 13.5. The molecule has 104 valence electrons.